The summed E-state index contributed by atoms with van der Waals surface area (Å²) in [5, 5.41) is 18.3. The summed E-state index contributed by atoms with van der Waals surface area (Å²) in [6.07, 6.45) is -0.660. The first kappa shape index (κ1) is 13.0. The first-order valence-electron chi connectivity index (χ1n) is 6.35. The van der Waals surface area contributed by atoms with Gasteiger partial charge in [0.15, 0.2) is 0 Å². The normalized spacial score (nSPS) is 14.1. The van der Waals surface area contributed by atoms with Crippen LogP contribution in [0, 0.1) is 0 Å². The van der Waals surface area contributed by atoms with Crippen LogP contribution in [0.15, 0.2) is 51.7 Å². The van der Waals surface area contributed by atoms with E-state index in [2.05, 4.69) is 10.1 Å². The summed E-state index contributed by atoms with van der Waals surface area (Å²) in [4.78, 5) is 4.37. The third-order valence-electron chi connectivity index (χ3n) is 3.23. The molecule has 0 saturated heterocycles. The van der Waals surface area contributed by atoms with Crippen LogP contribution in [0.5, 0.6) is 0 Å². The quantitative estimate of drug-likeness (QED) is 0.795. The summed E-state index contributed by atoms with van der Waals surface area (Å²) < 4.78 is 5.28. The summed E-state index contributed by atoms with van der Waals surface area (Å²) in [6.45, 7) is 1.88. The monoisotopic (exact) mass is 286 g/mol. The average molecular weight is 286 g/mol. The molecule has 4 nitrogen and oxygen atoms in total. The molecular weight excluding hydrogens is 272 g/mol. The molecule has 102 valence electrons. The zero-order valence-corrected chi connectivity index (χ0v) is 11.7. The first-order valence-corrected chi connectivity index (χ1v) is 7.29. The molecule has 20 heavy (non-hydrogen) atoms. The van der Waals surface area contributed by atoms with E-state index in [1.54, 1.807) is 11.3 Å². The van der Waals surface area contributed by atoms with Crippen molar-refractivity contribution in [1.82, 2.24) is 10.1 Å². The summed E-state index contributed by atoms with van der Waals surface area (Å²) in [5.74, 6) is 0.758. The van der Waals surface area contributed by atoms with E-state index in [0.29, 0.717) is 11.7 Å². The highest BCUT2D eigenvalue weighted by Crippen LogP contribution is 2.30. The van der Waals surface area contributed by atoms with Crippen LogP contribution in [0.2, 0.25) is 0 Å². The van der Waals surface area contributed by atoms with Crippen LogP contribution >= 0.6 is 11.3 Å². The predicted octanol–water partition coefficient (Wildman–Crippen LogP) is 3.64. The summed E-state index contributed by atoms with van der Waals surface area (Å²) in [7, 11) is 0. The molecule has 0 aliphatic carbocycles. The maximum atomic E-state index is 10.4. The lowest BCUT2D eigenvalue weighted by Gasteiger charge is -2.15. The molecule has 0 amide bonds. The lowest BCUT2D eigenvalue weighted by Crippen LogP contribution is -2.07. The molecule has 2 atom stereocenters. The van der Waals surface area contributed by atoms with Crippen LogP contribution < -0.4 is 0 Å². The van der Waals surface area contributed by atoms with E-state index in [0.717, 1.165) is 11.1 Å². The molecule has 1 N–H and O–H groups in total. The van der Waals surface area contributed by atoms with E-state index in [-0.39, 0.29) is 5.92 Å². The molecule has 0 radical (unpaired) electrons. The molecule has 1 aromatic carbocycles. The van der Waals surface area contributed by atoms with Gasteiger partial charge in [0.05, 0.1) is 12.0 Å². The molecule has 2 heterocycles. The third-order valence-corrected chi connectivity index (χ3v) is 3.91. The number of aliphatic hydroxyl groups is 1. The largest absolute Gasteiger partial charge is 0.388 e. The number of hydrogen-bond acceptors (Lipinski definition) is 5. The Kier molecular flexibility index (Phi) is 3.62. The highest BCUT2D eigenvalue weighted by molar-refractivity contribution is 7.08. The van der Waals surface area contributed by atoms with Crippen molar-refractivity contribution >= 4 is 11.3 Å². The molecule has 5 heteroatoms. The van der Waals surface area contributed by atoms with E-state index in [4.69, 9.17) is 4.52 Å². The fraction of sp³-hybridized carbons (Fsp3) is 0.200. The van der Waals surface area contributed by atoms with Gasteiger partial charge in [0, 0.05) is 10.9 Å². The van der Waals surface area contributed by atoms with Gasteiger partial charge in [-0.15, -0.1) is 0 Å². The van der Waals surface area contributed by atoms with E-state index in [1.165, 1.54) is 0 Å². The van der Waals surface area contributed by atoms with Gasteiger partial charge in [-0.25, -0.2) is 0 Å². The molecule has 2 unspecified atom stereocenters. The number of hydrogen-bond donors (Lipinski definition) is 1. The van der Waals surface area contributed by atoms with Crippen molar-refractivity contribution < 1.29 is 9.63 Å². The van der Waals surface area contributed by atoms with Crippen molar-refractivity contribution in [2.24, 2.45) is 0 Å². The zero-order valence-electron chi connectivity index (χ0n) is 10.9. The van der Waals surface area contributed by atoms with Crippen molar-refractivity contribution in [2.45, 2.75) is 18.9 Å². The minimum atomic E-state index is -0.660. The SMILES string of the molecule is CC(c1nc(-c2ccsc2)no1)C(O)c1ccccc1. The maximum Gasteiger partial charge on any atom is 0.232 e. The van der Waals surface area contributed by atoms with Gasteiger partial charge in [0.1, 0.15) is 0 Å². The molecule has 0 aliphatic rings. The summed E-state index contributed by atoms with van der Waals surface area (Å²) >= 11 is 1.58. The Bertz CT molecular complexity index is 664. The fourth-order valence-electron chi connectivity index (χ4n) is 2.00. The average Bonchev–Trinajstić information content (AvgIpc) is 3.17. The van der Waals surface area contributed by atoms with Gasteiger partial charge in [-0.2, -0.15) is 16.3 Å². The summed E-state index contributed by atoms with van der Waals surface area (Å²) in [5.41, 5.74) is 1.78. The second kappa shape index (κ2) is 5.56. The van der Waals surface area contributed by atoms with Crippen molar-refractivity contribution in [3.63, 3.8) is 0 Å². The van der Waals surface area contributed by atoms with Crippen LogP contribution in [-0.2, 0) is 0 Å². The van der Waals surface area contributed by atoms with Crippen LogP contribution in [0.3, 0.4) is 0 Å². The Morgan fingerprint density at radius 1 is 1.20 bits per heavy atom. The highest BCUT2D eigenvalue weighted by Gasteiger charge is 2.24. The standard InChI is InChI=1S/C15H14N2O2S/c1-10(13(18)11-5-3-2-4-6-11)15-16-14(17-19-15)12-7-8-20-9-12/h2-10,13,18H,1H3. The number of benzene rings is 1. The number of rotatable bonds is 4. The zero-order chi connectivity index (χ0) is 13.9. The topological polar surface area (TPSA) is 59.2 Å². The number of thiophene rings is 1. The first-order chi connectivity index (χ1) is 9.75. The smallest absolute Gasteiger partial charge is 0.232 e. The lowest BCUT2D eigenvalue weighted by molar-refractivity contribution is 0.135. The Labute approximate surface area is 120 Å². The fourth-order valence-corrected chi connectivity index (χ4v) is 2.64. The van der Waals surface area contributed by atoms with Crippen molar-refractivity contribution in [1.29, 1.82) is 0 Å². The van der Waals surface area contributed by atoms with Gasteiger partial charge in [-0.05, 0) is 17.0 Å². The number of aromatic nitrogens is 2. The third kappa shape index (κ3) is 2.50. The molecule has 3 rings (SSSR count). The lowest BCUT2D eigenvalue weighted by atomic mass is 9.97. The van der Waals surface area contributed by atoms with Crippen LogP contribution in [-0.4, -0.2) is 15.2 Å². The number of nitrogens with zero attached hydrogens (tertiary/aromatic N) is 2. The van der Waals surface area contributed by atoms with Crippen molar-refractivity contribution in [2.75, 3.05) is 0 Å². The molecule has 0 fully saturated rings. The minimum Gasteiger partial charge on any atom is -0.388 e. The Morgan fingerprint density at radius 3 is 2.70 bits per heavy atom. The van der Waals surface area contributed by atoms with Crippen LogP contribution in [0.4, 0.5) is 0 Å². The van der Waals surface area contributed by atoms with E-state index in [9.17, 15) is 5.11 Å². The molecular formula is C15H14N2O2S. The van der Waals surface area contributed by atoms with Crippen molar-refractivity contribution in [3.05, 3.63) is 58.6 Å². The molecule has 0 bridgehead atoms. The van der Waals surface area contributed by atoms with Gasteiger partial charge in [-0.1, -0.05) is 42.4 Å². The van der Waals surface area contributed by atoms with Gasteiger partial charge >= 0.3 is 0 Å². The molecule has 0 spiro atoms. The van der Waals surface area contributed by atoms with Crippen molar-refractivity contribution in [3.8, 4) is 11.4 Å². The van der Waals surface area contributed by atoms with Gasteiger partial charge < -0.3 is 9.63 Å². The summed E-state index contributed by atoms with van der Waals surface area (Å²) in [6, 6.07) is 11.4. The Balaban J connectivity index is 1.82. The van der Waals surface area contributed by atoms with E-state index < -0.39 is 6.10 Å². The predicted molar refractivity (Wildman–Crippen MR) is 77.4 cm³/mol. The van der Waals surface area contributed by atoms with Gasteiger partial charge in [0.25, 0.3) is 0 Å². The second-order valence-corrected chi connectivity index (χ2v) is 5.39. The van der Waals surface area contributed by atoms with Crippen LogP contribution in [0.25, 0.3) is 11.4 Å². The van der Waals surface area contributed by atoms with Crippen LogP contribution in [0.1, 0.15) is 30.4 Å². The molecule has 3 aromatic rings. The maximum absolute atomic E-state index is 10.4. The van der Waals surface area contributed by atoms with E-state index in [1.807, 2.05) is 54.1 Å². The Hall–Kier alpha value is -1.98. The van der Waals surface area contributed by atoms with Gasteiger partial charge in [0.2, 0.25) is 11.7 Å². The minimum absolute atomic E-state index is 0.253. The Morgan fingerprint density at radius 2 is 2.00 bits per heavy atom. The number of aliphatic hydroxyl groups excluding tert-OH is 1. The molecule has 0 aliphatic heterocycles. The molecule has 0 saturated carbocycles. The molecule has 2 aromatic heterocycles. The second-order valence-electron chi connectivity index (χ2n) is 4.61. The van der Waals surface area contributed by atoms with E-state index >= 15 is 0 Å². The highest BCUT2D eigenvalue weighted by atomic mass is 32.1. The van der Waals surface area contributed by atoms with Gasteiger partial charge in [-0.3, -0.25) is 0 Å².